The largest absolute Gasteiger partial charge is 0.484 e. The lowest BCUT2D eigenvalue weighted by atomic mass is 9.88. The molecule has 1 aliphatic carbocycles. The number of nitrogens with one attached hydrogen (secondary N) is 1. The van der Waals surface area contributed by atoms with Crippen molar-refractivity contribution in [2.75, 3.05) is 6.61 Å². The lowest BCUT2D eigenvalue weighted by molar-refractivity contribution is -0.123. The molecule has 0 heterocycles. The number of amides is 1. The van der Waals surface area contributed by atoms with Crippen molar-refractivity contribution in [1.82, 2.24) is 5.32 Å². The number of fused-ring (bicyclic) bond motifs is 1. The van der Waals surface area contributed by atoms with Gasteiger partial charge in [0.05, 0.1) is 6.04 Å². The molecule has 1 amide bonds. The van der Waals surface area contributed by atoms with Crippen LogP contribution in [0.2, 0.25) is 0 Å². The zero-order chi connectivity index (χ0) is 15.4. The Balaban J connectivity index is 1.57. The van der Waals surface area contributed by atoms with Crippen molar-refractivity contribution < 1.29 is 9.53 Å². The zero-order valence-electron chi connectivity index (χ0n) is 12.2. The number of carbonyl (C=O) groups excluding carboxylic acids is 1. The number of halogens is 1. The highest BCUT2D eigenvalue weighted by Crippen LogP contribution is 2.29. The molecule has 3 rings (SSSR count). The van der Waals surface area contributed by atoms with E-state index in [0.29, 0.717) is 0 Å². The molecule has 0 unspecified atom stereocenters. The Labute approximate surface area is 144 Å². The van der Waals surface area contributed by atoms with Crippen LogP contribution >= 0.6 is 22.6 Å². The van der Waals surface area contributed by atoms with Gasteiger partial charge in [-0.2, -0.15) is 0 Å². The van der Waals surface area contributed by atoms with Crippen LogP contribution in [-0.2, 0) is 11.2 Å². The molecule has 0 bridgehead atoms. The Kier molecular flexibility index (Phi) is 4.97. The number of hydrogen-bond acceptors (Lipinski definition) is 2. The monoisotopic (exact) mass is 407 g/mol. The molecule has 2 aromatic rings. The number of benzene rings is 2. The number of carbonyl (C=O) groups is 1. The van der Waals surface area contributed by atoms with E-state index in [-0.39, 0.29) is 18.6 Å². The summed E-state index contributed by atoms with van der Waals surface area (Å²) >= 11 is 2.24. The number of ether oxygens (including phenoxy) is 1. The highest BCUT2D eigenvalue weighted by molar-refractivity contribution is 14.1. The third-order valence-corrected chi connectivity index (χ3v) is 4.61. The molecule has 0 aliphatic heterocycles. The summed E-state index contributed by atoms with van der Waals surface area (Å²) in [4.78, 5) is 12.1. The Morgan fingerprint density at radius 1 is 1.18 bits per heavy atom. The van der Waals surface area contributed by atoms with Crippen molar-refractivity contribution in [3.8, 4) is 5.75 Å². The van der Waals surface area contributed by atoms with Crippen molar-refractivity contribution >= 4 is 28.5 Å². The summed E-state index contributed by atoms with van der Waals surface area (Å²) < 4.78 is 6.68. The molecule has 3 nitrogen and oxygen atoms in total. The normalized spacial score (nSPS) is 16.7. The first kappa shape index (κ1) is 15.3. The van der Waals surface area contributed by atoms with Gasteiger partial charge in [0.25, 0.3) is 5.91 Å². The van der Waals surface area contributed by atoms with Gasteiger partial charge in [-0.25, -0.2) is 0 Å². The van der Waals surface area contributed by atoms with E-state index in [2.05, 4.69) is 46.1 Å². The molecular formula is C18H18INO2. The van der Waals surface area contributed by atoms with E-state index in [0.717, 1.165) is 28.6 Å². The van der Waals surface area contributed by atoms with Gasteiger partial charge < -0.3 is 10.1 Å². The maximum atomic E-state index is 12.1. The minimum Gasteiger partial charge on any atom is -0.484 e. The lowest BCUT2D eigenvalue weighted by Gasteiger charge is -2.26. The predicted octanol–water partition coefficient (Wildman–Crippen LogP) is 3.86. The molecule has 4 heteroatoms. The number of hydrogen-bond donors (Lipinski definition) is 1. The molecular weight excluding hydrogens is 389 g/mol. The van der Waals surface area contributed by atoms with Gasteiger partial charge in [0.15, 0.2) is 6.61 Å². The lowest BCUT2D eigenvalue weighted by Crippen LogP contribution is -2.34. The van der Waals surface area contributed by atoms with Crippen LogP contribution in [0.4, 0.5) is 0 Å². The first-order chi connectivity index (χ1) is 10.7. The third kappa shape index (κ3) is 3.80. The minimum absolute atomic E-state index is 0.0548. The molecule has 2 aromatic carbocycles. The maximum Gasteiger partial charge on any atom is 0.258 e. The fraction of sp³-hybridized carbons (Fsp3) is 0.278. The van der Waals surface area contributed by atoms with E-state index >= 15 is 0 Å². The highest BCUT2D eigenvalue weighted by atomic mass is 127. The van der Waals surface area contributed by atoms with Gasteiger partial charge in [-0.15, -0.1) is 0 Å². The van der Waals surface area contributed by atoms with Crippen LogP contribution in [0, 0.1) is 3.57 Å². The zero-order valence-corrected chi connectivity index (χ0v) is 14.4. The first-order valence-electron chi connectivity index (χ1n) is 7.48. The first-order valence-corrected chi connectivity index (χ1v) is 8.56. The SMILES string of the molecule is O=C(COc1ccc(I)cc1)N[C@@H]1CCCc2ccccc21. The second-order valence-electron chi connectivity index (χ2n) is 5.45. The summed E-state index contributed by atoms with van der Waals surface area (Å²) in [5.74, 6) is 0.653. The van der Waals surface area contributed by atoms with Crippen LogP contribution in [-0.4, -0.2) is 12.5 Å². The quantitative estimate of drug-likeness (QED) is 0.782. The molecule has 1 atom stereocenters. The molecule has 114 valence electrons. The topological polar surface area (TPSA) is 38.3 Å². The van der Waals surface area contributed by atoms with Crippen molar-refractivity contribution in [2.45, 2.75) is 25.3 Å². The van der Waals surface area contributed by atoms with Crippen LogP contribution in [0.1, 0.15) is 30.0 Å². The van der Waals surface area contributed by atoms with Gasteiger partial charge in [0.1, 0.15) is 5.75 Å². The molecule has 1 aliphatic rings. The van der Waals surface area contributed by atoms with E-state index < -0.39 is 0 Å². The molecule has 1 N–H and O–H groups in total. The van der Waals surface area contributed by atoms with Gasteiger partial charge in [-0.05, 0) is 77.2 Å². The molecule has 22 heavy (non-hydrogen) atoms. The second-order valence-corrected chi connectivity index (χ2v) is 6.70. The van der Waals surface area contributed by atoms with Crippen LogP contribution in [0.3, 0.4) is 0 Å². The van der Waals surface area contributed by atoms with Gasteiger partial charge in [-0.3, -0.25) is 4.79 Å². The number of rotatable bonds is 4. The van der Waals surface area contributed by atoms with Crippen LogP contribution < -0.4 is 10.1 Å². The van der Waals surface area contributed by atoms with Crippen molar-refractivity contribution in [3.05, 3.63) is 63.2 Å². The van der Waals surface area contributed by atoms with Gasteiger partial charge in [0, 0.05) is 3.57 Å². The van der Waals surface area contributed by atoms with Crippen molar-refractivity contribution in [2.24, 2.45) is 0 Å². The molecule has 0 spiro atoms. The highest BCUT2D eigenvalue weighted by Gasteiger charge is 2.21. The average molecular weight is 407 g/mol. The van der Waals surface area contributed by atoms with Crippen LogP contribution in [0.25, 0.3) is 0 Å². The van der Waals surface area contributed by atoms with Crippen LogP contribution in [0.15, 0.2) is 48.5 Å². The van der Waals surface area contributed by atoms with Crippen LogP contribution in [0.5, 0.6) is 5.75 Å². The van der Waals surface area contributed by atoms with Crippen molar-refractivity contribution in [3.63, 3.8) is 0 Å². The summed E-state index contributed by atoms with van der Waals surface area (Å²) in [5.41, 5.74) is 2.59. The van der Waals surface area contributed by atoms with E-state index in [1.807, 2.05) is 30.3 Å². The molecule has 0 aromatic heterocycles. The Morgan fingerprint density at radius 2 is 1.95 bits per heavy atom. The summed E-state index contributed by atoms with van der Waals surface area (Å²) in [5, 5.41) is 3.09. The summed E-state index contributed by atoms with van der Waals surface area (Å²) in [7, 11) is 0. The molecule has 0 radical (unpaired) electrons. The van der Waals surface area contributed by atoms with Crippen molar-refractivity contribution in [1.29, 1.82) is 0 Å². The Bertz CT molecular complexity index is 654. The average Bonchev–Trinajstić information content (AvgIpc) is 2.55. The Morgan fingerprint density at radius 3 is 2.77 bits per heavy atom. The van der Waals surface area contributed by atoms with Gasteiger partial charge >= 0.3 is 0 Å². The maximum absolute atomic E-state index is 12.1. The van der Waals surface area contributed by atoms with E-state index in [1.165, 1.54) is 11.1 Å². The fourth-order valence-corrected chi connectivity index (χ4v) is 3.18. The summed E-state index contributed by atoms with van der Waals surface area (Å²) in [6, 6.07) is 16.1. The molecule has 0 fully saturated rings. The Hall–Kier alpha value is -1.56. The summed E-state index contributed by atoms with van der Waals surface area (Å²) in [6.07, 6.45) is 3.20. The standard InChI is InChI=1S/C18H18INO2/c19-14-8-10-15(11-9-14)22-12-18(21)20-17-7-3-5-13-4-1-2-6-16(13)17/h1-2,4,6,8-11,17H,3,5,7,12H2,(H,20,21)/t17-/m1/s1. The third-order valence-electron chi connectivity index (χ3n) is 3.89. The summed E-state index contributed by atoms with van der Waals surface area (Å²) in [6.45, 7) is 0.0548. The van der Waals surface area contributed by atoms with E-state index in [4.69, 9.17) is 4.74 Å². The fourth-order valence-electron chi connectivity index (χ4n) is 2.82. The predicted molar refractivity (Wildman–Crippen MR) is 94.9 cm³/mol. The minimum atomic E-state index is -0.0692. The van der Waals surface area contributed by atoms with Gasteiger partial charge in [0.2, 0.25) is 0 Å². The smallest absolute Gasteiger partial charge is 0.258 e. The number of aryl methyl sites for hydroxylation is 1. The second kappa shape index (κ2) is 7.13. The van der Waals surface area contributed by atoms with E-state index in [1.54, 1.807) is 0 Å². The molecule has 0 saturated carbocycles. The molecule has 0 saturated heterocycles. The van der Waals surface area contributed by atoms with Gasteiger partial charge in [-0.1, -0.05) is 24.3 Å². The van der Waals surface area contributed by atoms with E-state index in [9.17, 15) is 4.79 Å².